The fourth-order valence-corrected chi connectivity index (χ4v) is 7.74. The maximum absolute atomic E-state index is 16.3. The average molecular weight is 580 g/mol. The molecule has 0 saturated carbocycles. The highest BCUT2D eigenvalue weighted by Gasteiger charge is 2.55. The number of alkyl halides is 1. The molecule has 0 amide bonds. The zero-order valence-electron chi connectivity index (χ0n) is 23.1. The summed E-state index contributed by atoms with van der Waals surface area (Å²) in [5.74, 6) is -0.323. The molecule has 0 spiro atoms. The van der Waals surface area contributed by atoms with Crippen LogP contribution in [0.15, 0.2) is 48.7 Å². The quantitative estimate of drug-likeness (QED) is 0.265. The first kappa shape index (κ1) is 26.0. The van der Waals surface area contributed by atoms with Crippen molar-refractivity contribution >= 4 is 28.8 Å². The number of fused-ring (bicyclic) bond motifs is 10. The highest BCUT2D eigenvalue weighted by Crippen LogP contribution is 2.60. The monoisotopic (exact) mass is 578 g/mol. The summed E-state index contributed by atoms with van der Waals surface area (Å²) >= 11 is 12.9. The van der Waals surface area contributed by atoms with Gasteiger partial charge in [0.25, 0.3) is 0 Å². The number of benzene rings is 2. The molecule has 2 aromatic carbocycles. The summed E-state index contributed by atoms with van der Waals surface area (Å²) < 4.78 is 33.3. The van der Waals surface area contributed by atoms with E-state index in [2.05, 4.69) is 54.4 Å². The number of hydrogen-bond acceptors (Lipinski definition) is 2. The number of para-hydroxylation sites is 1. The number of H-pyrrole nitrogens is 1. The lowest BCUT2D eigenvalue weighted by Crippen LogP contribution is -2.41. The smallest absolute Gasteiger partial charge is 0.166 e. The van der Waals surface area contributed by atoms with Crippen molar-refractivity contribution in [3.05, 3.63) is 109 Å². The molecule has 4 aromatic rings. The van der Waals surface area contributed by atoms with Gasteiger partial charge in [0.2, 0.25) is 0 Å². The Kier molecular flexibility index (Phi) is 5.40. The Morgan fingerprint density at radius 1 is 1.07 bits per heavy atom. The van der Waals surface area contributed by atoms with Crippen molar-refractivity contribution in [2.75, 3.05) is 0 Å². The summed E-state index contributed by atoms with van der Waals surface area (Å²) in [5, 5.41) is 6.18. The van der Waals surface area contributed by atoms with E-state index in [1.165, 1.54) is 6.07 Å². The Morgan fingerprint density at radius 2 is 1.85 bits per heavy atom. The Balaban J connectivity index is 1.49. The summed E-state index contributed by atoms with van der Waals surface area (Å²) in [6.07, 6.45) is 4.25. The number of aromatic amines is 1. The molecule has 1 N–H and O–H groups in total. The zero-order valence-corrected chi connectivity index (χ0v) is 24.6. The van der Waals surface area contributed by atoms with Gasteiger partial charge in [0, 0.05) is 46.6 Å². The largest absolute Gasteiger partial charge is 0.360 e. The molecular formula is C32H30Cl2F2N4. The molecule has 0 bridgehead atoms. The highest BCUT2D eigenvalue weighted by atomic mass is 35.5. The summed E-state index contributed by atoms with van der Waals surface area (Å²) in [5.41, 5.74) is 5.86. The average Bonchev–Trinajstić information content (AvgIpc) is 3.55. The van der Waals surface area contributed by atoms with Gasteiger partial charge in [-0.05, 0) is 63.5 Å². The van der Waals surface area contributed by atoms with Crippen LogP contribution < -0.4 is 0 Å². The predicted molar refractivity (Wildman–Crippen MR) is 155 cm³/mol. The third-order valence-electron chi connectivity index (χ3n) is 9.33. The van der Waals surface area contributed by atoms with E-state index in [0.717, 1.165) is 51.3 Å². The molecule has 8 heteroatoms. The topological polar surface area (TPSA) is 36.9 Å². The summed E-state index contributed by atoms with van der Waals surface area (Å²) in [6.45, 7) is 11.1. The summed E-state index contributed by atoms with van der Waals surface area (Å²) in [7, 11) is 0. The van der Waals surface area contributed by atoms with Crippen LogP contribution in [-0.4, -0.2) is 19.7 Å². The van der Waals surface area contributed by atoms with E-state index in [1.54, 1.807) is 31.3 Å². The minimum atomic E-state index is -1.72. The zero-order chi connectivity index (χ0) is 28.4. The Labute approximate surface area is 242 Å². The van der Waals surface area contributed by atoms with E-state index in [-0.39, 0.29) is 5.82 Å². The van der Waals surface area contributed by atoms with Crippen LogP contribution in [0, 0.1) is 5.82 Å². The van der Waals surface area contributed by atoms with E-state index >= 15 is 4.39 Å². The van der Waals surface area contributed by atoms with Crippen molar-refractivity contribution in [2.24, 2.45) is 0 Å². The maximum Gasteiger partial charge on any atom is 0.166 e. The van der Waals surface area contributed by atoms with Crippen molar-refractivity contribution in [2.45, 2.75) is 70.8 Å². The number of nitrogens with zero attached hydrogens (tertiary/aromatic N) is 3. The van der Waals surface area contributed by atoms with Crippen LogP contribution in [0.2, 0.25) is 10.0 Å². The molecule has 7 rings (SSSR count). The second kappa shape index (κ2) is 8.31. The van der Waals surface area contributed by atoms with E-state index in [4.69, 9.17) is 28.3 Å². The van der Waals surface area contributed by atoms with Gasteiger partial charge >= 0.3 is 0 Å². The number of hydrogen-bond donors (Lipinski definition) is 1. The molecule has 40 heavy (non-hydrogen) atoms. The molecule has 2 unspecified atom stereocenters. The van der Waals surface area contributed by atoms with E-state index < -0.39 is 16.6 Å². The molecule has 1 aliphatic carbocycles. The van der Waals surface area contributed by atoms with E-state index in [1.807, 2.05) is 6.07 Å². The van der Waals surface area contributed by atoms with Crippen molar-refractivity contribution in [3.8, 4) is 5.69 Å². The lowest BCUT2D eigenvalue weighted by Gasteiger charge is -2.44. The Hall–Kier alpha value is -2.93. The third kappa shape index (κ3) is 3.24. The number of aromatic nitrogens is 3. The first-order valence-corrected chi connectivity index (χ1v) is 14.4. The lowest BCUT2D eigenvalue weighted by molar-refractivity contribution is 0.121. The molecule has 0 saturated heterocycles. The van der Waals surface area contributed by atoms with Crippen LogP contribution in [0.3, 0.4) is 0 Å². The molecule has 2 aromatic heterocycles. The summed E-state index contributed by atoms with van der Waals surface area (Å²) in [6, 6.07) is 11.0. The van der Waals surface area contributed by atoms with Crippen LogP contribution >= 0.6 is 23.2 Å². The number of rotatable bonds is 3. The molecular weight excluding hydrogens is 549 g/mol. The molecule has 0 radical (unpaired) electrons. The van der Waals surface area contributed by atoms with Gasteiger partial charge in [-0.15, -0.1) is 0 Å². The number of aryl methyl sites for hydroxylation is 1. The van der Waals surface area contributed by atoms with Crippen LogP contribution in [0.25, 0.3) is 11.3 Å². The van der Waals surface area contributed by atoms with Crippen LogP contribution in [-0.2, 0) is 36.1 Å². The molecule has 206 valence electrons. The Morgan fingerprint density at radius 3 is 2.58 bits per heavy atom. The van der Waals surface area contributed by atoms with Gasteiger partial charge in [0.1, 0.15) is 5.82 Å². The maximum atomic E-state index is 16.3. The van der Waals surface area contributed by atoms with Gasteiger partial charge < -0.3 is 4.98 Å². The van der Waals surface area contributed by atoms with Crippen molar-refractivity contribution in [3.63, 3.8) is 0 Å². The highest BCUT2D eigenvalue weighted by molar-refractivity contribution is 6.32. The van der Waals surface area contributed by atoms with E-state index in [0.29, 0.717) is 34.4 Å². The number of allylic oxidation sites excluding steroid dienone is 2. The SMILES string of the molecule is CCc1cccc2c1-n1nc3c(c1C1(C)C2=CC(C)(F)c2[nH]cc(Cl)c21)CN(Cc1ccc(Cl)cc1F)C3(C)C. The summed E-state index contributed by atoms with van der Waals surface area (Å²) in [4.78, 5) is 5.38. The molecule has 4 nitrogen and oxygen atoms in total. The molecule has 3 aliphatic rings. The Bertz CT molecular complexity index is 1760. The van der Waals surface area contributed by atoms with Crippen molar-refractivity contribution in [1.82, 2.24) is 19.7 Å². The third-order valence-corrected chi connectivity index (χ3v) is 9.86. The van der Waals surface area contributed by atoms with Gasteiger partial charge in [-0.2, -0.15) is 5.10 Å². The van der Waals surface area contributed by atoms with Crippen LogP contribution in [0.4, 0.5) is 8.78 Å². The normalized spacial score (nSPS) is 24.2. The first-order valence-electron chi connectivity index (χ1n) is 13.6. The molecule has 2 aliphatic heterocycles. The second-order valence-electron chi connectivity index (χ2n) is 12.1. The predicted octanol–water partition coefficient (Wildman–Crippen LogP) is 8.36. The van der Waals surface area contributed by atoms with Crippen molar-refractivity contribution in [1.29, 1.82) is 0 Å². The van der Waals surface area contributed by atoms with Gasteiger partial charge in [0.05, 0.1) is 38.7 Å². The minimum absolute atomic E-state index is 0.323. The minimum Gasteiger partial charge on any atom is -0.360 e. The standard InChI is InChI=1S/C32H30Cl2F2N4/c1-6-17-8-7-9-20-22-13-31(4,36)28-25(23(34)14-37-28)32(22,5)29-21-16-39(15-18-10-11-19(33)12-24(18)35)30(2,3)27(21)38-40(29)26(17)20/h7-14,37H,6,15-16H2,1-5H3. The van der Waals surface area contributed by atoms with Gasteiger partial charge in [-0.1, -0.05) is 54.4 Å². The van der Waals surface area contributed by atoms with Gasteiger partial charge in [-0.25, -0.2) is 13.5 Å². The fraction of sp³-hybridized carbons (Fsp3) is 0.344. The number of halogens is 4. The molecule has 0 fully saturated rings. The van der Waals surface area contributed by atoms with Gasteiger partial charge in [0.15, 0.2) is 5.67 Å². The van der Waals surface area contributed by atoms with Crippen LogP contribution in [0.5, 0.6) is 0 Å². The van der Waals surface area contributed by atoms with E-state index in [9.17, 15) is 4.39 Å². The first-order chi connectivity index (χ1) is 18.9. The van der Waals surface area contributed by atoms with Crippen LogP contribution in [0.1, 0.15) is 79.5 Å². The van der Waals surface area contributed by atoms with Gasteiger partial charge in [-0.3, -0.25) is 4.90 Å². The fourth-order valence-electron chi connectivity index (χ4n) is 7.25. The second-order valence-corrected chi connectivity index (χ2v) is 12.9. The molecule has 4 heterocycles. The lowest BCUT2D eigenvalue weighted by atomic mass is 9.62. The molecule has 2 atom stereocenters. The number of nitrogens with one attached hydrogen (secondary N) is 1. The van der Waals surface area contributed by atoms with Crippen molar-refractivity contribution < 1.29 is 8.78 Å².